The molecule has 0 aromatic rings. The Balaban J connectivity index is 3.94. The zero-order valence-electron chi connectivity index (χ0n) is 13.7. The lowest BCUT2D eigenvalue weighted by Crippen LogP contribution is -2.47. The van der Waals surface area contributed by atoms with Gasteiger partial charge >= 0.3 is 0 Å². The van der Waals surface area contributed by atoms with Crippen molar-refractivity contribution < 1.29 is 26.9 Å². The number of rotatable bonds is 14. The van der Waals surface area contributed by atoms with Crippen molar-refractivity contribution in [1.29, 1.82) is 0 Å². The van der Waals surface area contributed by atoms with E-state index in [1.807, 2.05) is 6.92 Å². The van der Waals surface area contributed by atoms with Crippen LogP contribution in [-0.4, -0.2) is 76.3 Å². The molecule has 6 nitrogen and oxygen atoms in total. The minimum atomic E-state index is -3.83. The van der Waals surface area contributed by atoms with Crippen molar-refractivity contribution in [3.8, 4) is 0 Å². The quantitative estimate of drug-likeness (QED) is 0.298. The molecule has 128 valence electrons. The molecule has 21 heavy (non-hydrogen) atoms. The summed E-state index contributed by atoms with van der Waals surface area (Å²) in [5.41, 5.74) is 0. The van der Waals surface area contributed by atoms with Gasteiger partial charge in [-0.15, -0.1) is 0 Å². The maximum Gasteiger partial charge on any atom is 0.264 e. The molecule has 0 aromatic heterocycles. The van der Waals surface area contributed by atoms with Gasteiger partial charge in [0.25, 0.3) is 10.1 Å². The summed E-state index contributed by atoms with van der Waals surface area (Å²) in [7, 11) is -1.66. The Morgan fingerprint density at radius 1 is 0.952 bits per heavy atom. The average Bonchev–Trinajstić information content (AvgIpc) is 2.38. The molecule has 0 spiro atoms. The zero-order valence-corrected chi connectivity index (χ0v) is 14.5. The molecule has 0 fully saturated rings. The van der Waals surface area contributed by atoms with Crippen molar-refractivity contribution >= 4 is 10.1 Å². The van der Waals surface area contributed by atoms with Gasteiger partial charge in [0.1, 0.15) is 6.54 Å². The molecule has 0 aliphatic carbocycles. The fourth-order valence-electron chi connectivity index (χ4n) is 2.30. The molecule has 0 aromatic carbocycles. The van der Waals surface area contributed by atoms with Crippen molar-refractivity contribution in [2.45, 2.75) is 33.1 Å². The molecule has 1 atom stereocenters. The smallest absolute Gasteiger partial charge is 0.264 e. The minimum Gasteiger partial charge on any atom is -0.379 e. The van der Waals surface area contributed by atoms with Gasteiger partial charge in [0.15, 0.2) is 0 Å². The first-order valence-corrected chi connectivity index (χ1v) is 9.38. The molecule has 0 aliphatic heterocycles. The predicted molar refractivity (Wildman–Crippen MR) is 84.0 cm³/mol. The Hall–Kier alpha value is -0.210. The Morgan fingerprint density at radius 3 is 2.19 bits per heavy atom. The Kier molecular flexibility index (Phi) is 11.3. The van der Waals surface area contributed by atoms with Gasteiger partial charge in [-0.2, -0.15) is 8.42 Å². The van der Waals surface area contributed by atoms with Crippen molar-refractivity contribution in [1.82, 2.24) is 0 Å². The second kappa shape index (κ2) is 11.4. The monoisotopic (exact) mass is 326 g/mol. The molecular formula is C14H32NO5S+. The van der Waals surface area contributed by atoms with E-state index in [-0.39, 0.29) is 5.75 Å². The average molecular weight is 326 g/mol. The normalized spacial score (nSPS) is 15.0. The van der Waals surface area contributed by atoms with E-state index in [4.69, 9.17) is 14.0 Å². The number of unbranched alkanes of at least 4 members (excludes halogenated alkanes) is 1. The van der Waals surface area contributed by atoms with Gasteiger partial charge in [0.05, 0.1) is 45.7 Å². The maximum absolute atomic E-state index is 10.7. The molecule has 0 saturated carbocycles. The zero-order chi connectivity index (χ0) is 16.2. The summed E-state index contributed by atoms with van der Waals surface area (Å²) in [5.74, 6) is -0.149. The summed E-state index contributed by atoms with van der Waals surface area (Å²) in [6.07, 6.45) is 2.37. The topological polar surface area (TPSA) is 72.8 Å². The Labute approximate surface area is 129 Å². The van der Waals surface area contributed by atoms with E-state index >= 15 is 0 Å². The summed E-state index contributed by atoms with van der Waals surface area (Å²) in [6, 6.07) is 0. The third-order valence-corrected chi connectivity index (χ3v) is 4.27. The highest BCUT2D eigenvalue weighted by Gasteiger charge is 2.20. The summed E-state index contributed by atoms with van der Waals surface area (Å²) in [5, 5.41) is 0. The van der Waals surface area contributed by atoms with Crippen molar-refractivity contribution in [3.63, 3.8) is 0 Å². The Bertz CT molecular complexity index is 347. The van der Waals surface area contributed by atoms with E-state index in [9.17, 15) is 8.42 Å². The predicted octanol–water partition coefficient (Wildman–Crippen LogP) is 1.56. The highest BCUT2D eigenvalue weighted by Crippen LogP contribution is 2.08. The fraction of sp³-hybridized carbons (Fsp3) is 1.00. The van der Waals surface area contributed by atoms with Gasteiger partial charge in [-0.1, -0.05) is 6.92 Å². The number of hydrogen-bond donors (Lipinski definition) is 1. The second-order valence-corrected chi connectivity index (χ2v) is 7.16. The van der Waals surface area contributed by atoms with Crippen LogP contribution in [0, 0.1) is 0 Å². The van der Waals surface area contributed by atoms with Crippen molar-refractivity contribution in [2.75, 3.05) is 58.9 Å². The van der Waals surface area contributed by atoms with Gasteiger partial charge < -0.3 is 14.0 Å². The highest BCUT2D eigenvalue weighted by atomic mass is 32.2. The van der Waals surface area contributed by atoms with Crippen molar-refractivity contribution in [3.05, 3.63) is 0 Å². The summed E-state index contributed by atoms with van der Waals surface area (Å²) in [6.45, 7) is 9.59. The lowest BCUT2D eigenvalue weighted by Gasteiger charge is -2.34. The van der Waals surface area contributed by atoms with Crippen LogP contribution in [0.15, 0.2) is 0 Å². The van der Waals surface area contributed by atoms with Gasteiger partial charge in [-0.05, 0) is 26.2 Å². The molecule has 7 heteroatoms. The number of likely N-dealkylation sites (N-methyl/N-ethyl adjacent to an activating group) is 1. The number of hydrogen-bond acceptors (Lipinski definition) is 4. The highest BCUT2D eigenvalue weighted by molar-refractivity contribution is 7.85. The Morgan fingerprint density at radius 2 is 1.62 bits per heavy atom. The van der Waals surface area contributed by atoms with Gasteiger partial charge in [-0.3, -0.25) is 4.55 Å². The van der Waals surface area contributed by atoms with E-state index < -0.39 is 10.1 Å². The largest absolute Gasteiger partial charge is 0.379 e. The standard InChI is InChI=1S/C14H31NO5S/c1-4-8-15(3,9-6-7-14-21(16,17)18)10-11-20-13-12-19-5-2/h4-14H2,1-3H3/p+1. The molecule has 0 radical (unpaired) electrons. The summed E-state index contributed by atoms with van der Waals surface area (Å²) >= 11 is 0. The van der Waals surface area contributed by atoms with Crippen LogP contribution < -0.4 is 0 Å². The van der Waals surface area contributed by atoms with Crippen LogP contribution in [0.4, 0.5) is 0 Å². The van der Waals surface area contributed by atoms with Gasteiger partial charge in [-0.25, -0.2) is 0 Å². The fourth-order valence-corrected chi connectivity index (χ4v) is 2.87. The third kappa shape index (κ3) is 13.2. The molecule has 0 bridgehead atoms. The molecule has 0 aliphatic rings. The summed E-state index contributed by atoms with van der Waals surface area (Å²) in [4.78, 5) is 0. The van der Waals surface area contributed by atoms with Crippen LogP contribution in [-0.2, 0) is 19.6 Å². The number of nitrogens with zero attached hydrogens (tertiary/aromatic N) is 1. The van der Waals surface area contributed by atoms with E-state index in [0.29, 0.717) is 32.8 Å². The van der Waals surface area contributed by atoms with Crippen LogP contribution in [0.1, 0.15) is 33.1 Å². The SMILES string of the molecule is CCC[N+](C)(CCCCS(=O)(=O)O)CCOCCOCC. The van der Waals surface area contributed by atoms with Gasteiger partial charge in [0, 0.05) is 6.61 Å². The first kappa shape index (κ1) is 20.8. The van der Waals surface area contributed by atoms with Crippen LogP contribution in [0.5, 0.6) is 0 Å². The molecule has 1 N–H and O–H groups in total. The lowest BCUT2D eigenvalue weighted by atomic mass is 10.2. The summed E-state index contributed by atoms with van der Waals surface area (Å²) < 4.78 is 41.8. The molecular weight excluding hydrogens is 294 g/mol. The maximum atomic E-state index is 10.7. The van der Waals surface area contributed by atoms with E-state index in [2.05, 4.69) is 14.0 Å². The minimum absolute atomic E-state index is 0.149. The third-order valence-electron chi connectivity index (χ3n) is 3.47. The second-order valence-electron chi connectivity index (χ2n) is 5.59. The first-order chi connectivity index (χ1) is 9.83. The lowest BCUT2D eigenvalue weighted by molar-refractivity contribution is -0.910. The number of ether oxygens (including phenoxy) is 2. The number of quaternary nitrogens is 1. The van der Waals surface area contributed by atoms with E-state index in [1.165, 1.54) is 0 Å². The van der Waals surface area contributed by atoms with Crippen LogP contribution >= 0.6 is 0 Å². The van der Waals surface area contributed by atoms with E-state index in [0.717, 1.165) is 37.0 Å². The molecule has 0 amide bonds. The molecule has 0 saturated heterocycles. The van der Waals surface area contributed by atoms with Crippen molar-refractivity contribution in [2.24, 2.45) is 0 Å². The van der Waals surface area contributed by atoms with Gasteiger partial charge in [0.2, 0.25) is 0 Å². The van der Waals surface area contributed by atoms with E-state index in [1.54, 1.807) is 0 Å². The molecule has 0 heterocycles. The van der Waals surface area contributed by atoms with Crippen LogP contribution in [0.25, 0.3) is 0 Å². The van der Waals surface area contributed by atoms with Crippen LogP contribution in [0.2, 0.25) is 0 Å². The first-order valence-electron chi connectivity index (χ1n) is 7.77. The van der Waals surface area contributed by atoms with Crippen LogP contribution in [0.3, 0.4) is 0 Å². The molecule has 0 rings (SSSR count). The molecule has 1 unspecified atom stereocenters.